The average molecular weight is 273 g/mol. The summed E-state index contributed by atoms with van der Waals surface area (Å²) in [5.41, 5.74) is -0.862. The molecule has 0 heterocycles. The van der Waals surface area contributed by atoms with Crippen LogP contribution in [0, 0.1) is 5.92 Å². The Morgan fingerprint density at radius 2 is 1.89 bits per heavy atom. The van der Waals surface area contributed by atoms with E-state index in [1.54, 1.807) is 7.05 Å². The maximum absolute atomic E-state index is 12.0. The normalized spacial score (nSPS) is 19.0. The summed E-state index contributed by atoms with van der Waals surface area (Å²) < 4.78 is 16.1. The van der Waals surface area contributed by atoms with E-state index in [4.69, 9.17) is 14.2 Å². The van der Waals surface area contributed by atoms with Crippen molar-refractivity contribution < 1.29 is 19.0 Å². The van der Waals surface area contributed by atoms with Gasteiger partial charge in [-0.2, -0.15) is 0 Å². The number of nitrogens with one attached hydrogen (secondary N) is 1. The molecule has 1 aliphatic carbocycles. The zero-order valence-corrected chi connectivity index (χ0v) is 12.7. The van der Waals surface area contributed by atoms with Gasteiger partial charge in [0.05, 0.1) is 32.5 Å². The molecule has 1 atom stereocenters. The van der Waals surface area contributed by atoms with E-state index in [2.05, 4.69) is 5.32 Å². The number of carbonyl (C=O) groups excluding carboxylic acids is 1. The smallest absolute Gasteiger partial charge is 0.328 e. The van der Waals surface area contributed by atoms with Crippen molar-refractivity contribution in [3.8, 4) is 0 Å². The van der Waals surface area contributed by atoms with Crippen molar-refractivity contribution in [1.29, 1.82) is 0 Å². The number of hydrogen-bond acceptors (Lipinski definition) is 5. The van der Waals surface area contributed by atoms with Crippen LogP contribution in [0.25, 0.3) is 0 Å². The maximum Gasteiger partial charge on any atom is 0.328 e. The molecule has 0 aliphatic heterocycles. The monoisotopic (exact) mass is 273 g/mol. The number of esters is 1. The number of ether oxygens (including phenoxy) is 3. The molecule has 1 saturated carbocycles. The zero-order chi connectivity index (χ0) is 14.5. The second-order valence-corrected chi connectivity index (χ2v) is 6.00. The van der Waals surface area contributed by atoms with Crippen molar-refractivity contribution in [1.82, 2.24) is 5.32 Å². The van der Waals surface area contributed by atoms with Gasteiger partial charge in [0.15, 0.2) is 0 Å². The van der Waals surface area contributed by atoms with Crippen molar-refractivity contribution >= 4 is 5.97 Å². The van der Waals surface area contributed by atoms with Crippen molar-refractivity contribution in [2.75, 3.05) is 34.0 Å². The molecule has 1 fully saturated rings. The fourth-order valence-electron chi connectivity index (χ4n) is 2.12. The van der Waals surface area contributed by atoms with Crippen LogP contribution >= 0.6 is 0 Å². The highest BCUT2D eigenvalue weighted by Crippen LogP contribution is 2.40. The predicted molar refractivity (Wildman–Crippen MR) is 73.1 cm³/mol. The Morgan fingerprint density at radius 1 is 1.26 bits per heavy atom. The highest BCUT2D eigenvalue weighted by molar-refractivity contribution is 5.82. The molecule has 5 nitrogen and oxygen atoms in total. The van der Waals surface area contributed by atoms with Gasteiger partial charge in [-0.3, -0.25) is 0 Å². The number of hydrogen-bond donors (Lipinski definition) is 1. The van der Waals surface area contributed by atoms with E-state index in [9.17, 15) is 4.79 Å². The van der Waals surface area contributed by atoms with Gasteiger partial charge in [-0.05, 0) is 46.6 Å². The first-order chi connectivity index (χ1) is 8.85. The Bertz CT molecular complexity index is 296. The van der Waals surface area contributed by atoms with Crippen LogP contribution in [-0.2, 0) is 19.0 Å². The number of methoxy groups -OCH3 is 1. The largest absolute Gasteiger partial charge is 0.468 e. The molecule has 0 aromatic carbocycles. The molecule has 1 rings (SSSR count). The van der Waals surface area contributed by atoms with E-state index in [-0.39, 0.29) is 11.6 Å². The van der Waals surface area contributed by atoms with Crippen LogP contribution in [-0.4, -0.2) is 51.1 Å². The van der Waals surface area contributed by atoms with E-state index in [1.807, 2.05) is 20.8 Å². The summed E-state index contributed by atoms with van der Waals surface area (Å²) in [7, 11) is 3.20. The second kappa shape index (κ2) is 6.68. The molecule has 0 bridgehead atoms. The van der Waals surface area contributed by atoms with Crippen molar-refractivity contribution in [3.63, 3.8) is 0 Å². The Labute approximate surface area is 116 Å². The maximum atomic E-state index is 12.0. The Kier molecular flexibility index (Phi) is 5.77. The first-order valence-electron chi connectivity index (χ1n) is 6.85. The molecule has 0 aromatic rings. The molecule has 0 radical (unpaired) electrons. The molecule has 0 saturated heterocycles. The van der Waals surface area contributed by atoms with Crippen molar-refractivity contribution in [2.45, 2.75) is 44.8 Å². The molecule has 1 N–H and O–H groups in total. The summed E-state index contributed by atoms with van der Waals surface area (Å²) >= 11 is 0. The molecule has 0 aromatic heterocycles. The van der Waals surface area contributed by atoms with Crippen molar-refractivity contribution in [2.24, 2.45) is 5.92 Å². The van der Waals surface area contributed by atoms with Gasteiger partial charge in [-0.25, -0.2) is 4.79 Å². The van der Waals surface area contributed by atoms with Gasteiger partial charge in [0.25, 0.3) is 0 Å². The van der Waals surface area contributed by atoms with E-state index in [0.29, 0.717) is 25.7 Å². The number of rotatable bonds is 8. The highest BCUT2D eigenvalue weighted by Gasteiger charge is 2.51. The van der Waals surface area contributed by atoms with Crippen LogP contribution < -0.4 is 5.32 Å². The van der Waals surface area contributed by atoms with Crippen LogP contribution in [0.15, 0.2) is 0 Å². The summed E-state index contributed by atoms with van der Waals surface area (Å²) in [6.07, 6.45) is 2.08. The molecule has 5 heteroatoms. The molecule has 1 unspecified atom stereocenters. The van der Waals surface area contributed by atoms with Crippen molar-refractivity contribution in [3.05, 3.63) is 0 Å². The minimum absolute atomic E-state index is 0.164. The standard InChI is InChI=1S/C14H27NO4/c1-13(2,3)19-9-8-18-10-14(15-4,11-6-7-11)12(16)17-5/h11,15H,6-10H2,1-5H3. The van der Waals surface area contributed by atoms with E-state index < -0.39 is 5.54 Å². The van der Waals surface area contributed by atoms with E-state index in [0.717, 1.165) is 12.8 Å². The summed E-state index contributed by atoms with van der Waals surface area (Å²) in [4.78, 5) is 12.0. The van der Waals surface area contributed by atoms with Crippen LogP contribution in [0.5, 0.6) is 0 Å². The zero-order valence-electron chi connectivity index (χ0n) is 12.7. The summed E-state index contributed by atoms with van der Waals surface area (Å²) in [6.45, 7) is 7.34. The van der Waals surface area contributed by atoms with Crippen LogP contribution in [0.2, 0.25) is 0 Å². The lowest BCUT2D eigenvalue weighted by Crippen LogP contribution is -2.56. The molecule has 0 amide bonds. The first kappa shape index (κ1) is 16.4. The quantitative estimate of drug-likeness (QED) is 0.534. The van der Waals surface area contributed by atoms with Gasteiger partial charge >= 0.3 is 5.97 Å². The summed E-state index contributed by atoms with van der Waals surface area (Å²) in [5, 5.41) is 3.10. The third-order valence-corrected chi connectivity index (χ3v) is 3.36. The summed E-state index contributed by atoms with van der Waals surface area (Å²) in [5.74, 6) is 0.0720. The lowest BCUT2D eigenvalue weighted by Gasteiger charge is -2.30. The Balaban J connectivity index is 2.40. The highest BCUT2D eigenvalue weighted by atomic mass is 16.5. The SMILES string of the molecule is CNC(COCCOC(C)(C)C)(C(=O)OC)C1CC1. The van der Waals surface area contributed by atoms with Crippen LogP contribution in [0.4, 0.5) is 0 Å². The van der Waals surface area contributed by atoms with Crippen LogP contribution in [0.3, 0.4) is 0 Å². The molecular formula is C14H27NO4. The molecular weight excluding hydrogens is 246 g/mol. The number of carbonyl (C=O) groups is 1. The van der Waals surface area contributed by atoms with E-state index >= 15 is 0 Å². The fraction of sp³-hybridized carbons (Fsp3) is 0.929. The molecule has 112 valence electrons. The lowest BCUT2D eigenvalue weighted by atomic mass is 9.94. The minimum Gasteiger partial charge on any atom is -0.468 e. The topological polar surface area (TPSA) is 56.8 Å². The Hall–Kier alpha value is -0.650. The Morgan fingerprint density at radius 3 is 2.32 bits per heavy atom. The van der Waals surface area contributed by atoms with E-state index in [1.165, 1.54) is 7.11 Å². The minimum atomic E-state index is -0.698. The third kappa shape index (κ3) is 4.75. The van der Waals surface area contributed by atoms with Gasteiger partial charge in [-0.15, -0.1) is 0 Å². The number of likely N-dealkylation sites (N-methyl/N-ethyl adjacent to an activating group) is 1. The second-order valence-electron chi connectivity index (χ2n) is 6.00. The molecule has 1 aliphatic rings. The lowest BCUT2D eigenvalue weighted by molar-refractivity contribution is -0.153. The summed E-state index contributed by atoms with van der Waals surface area (Å²) in [6, 6.07) is 0. The molecule has 0 spiro atoms. The third-order valence-electron chi connectivity index (χ3n) is 3.36. The van der Waals surface area contributed by atoms with Gasteiger partial charge in [0, 0.05) is 0 Å². The van der Waals surface area contributed by atoms with Gasteiger partial charge in [0.2, 0.25) is 0 Å². The van der Waals surface area contributed by atoms with Gasteiger partial charge in [0.1, 0.15) is 5.54 Å². The predicted octanol–water partition coefficient (Wildman–Crippen LogP) is 1.36. The first-order valence-corrected chi connectivity index (χ1v) is 6.85. The van der Waals surface area contributed by atoms with Crippen LogP contribution in [0.1, 0.15) is 33.6 Å². The van der Waals surface area contributed by atoms with Gasteiger partial charge < -0.3 is 19.5 Å². The fourth-order valence-corrected chi connectivity index (χ4v) is 2.12. The average Bonchev–Trinajstić information content (AvgIpc) is 3.16. The van der Waals surface area contributed by atoms with Gasteiger partial charge in [-0.1, -0.05) is 0 Å². The molecule has 19 heavy (non-hydrogen) atoms.